The van der Waals surface area contributed by atoms with Crippen molar-refractivity contribution in [3.05, 3.63) is 29.8 Å². The zero-order valence-electron chi connectivity index (χ0n) is 11.5. The summed E-state index contributed by atoms with van der Waals surface area (Å²) < 4.78 is 5.11. The van der Waals surface area contributed by atoms with Crippen molar-refractivity contribution >= 4 is 5.84 Å². The van der Waals surface area contributed by atoms with E-state index in [1.54, 1.807) is 7.11 Å². The van der Waals surface area contributed by atoms with E-state index in [0.29, 0.717) is 5.84 Å². The number of aliphatic imine (C=N–C) groups is 1. The van der Waals surface area contributed by atoms with Gasteiger partial charge in [-0.1, -0.05) is 5.21 Å². The van der Waals surface area contributed by atoms with Crippen molar-refractivity contribution in [2.75, 3.05) is 7.11 Å². The number of benzene rings is 1. The number of hydrogen-bond acceptors (Lipinski definition) is 3. The Hall–Kier alpha value is -1.55. The first kappa shape index (κ1) is 12.9. The molecule has 0 N–H and O–H groups in total. The third kappa shape index (κ3) is 1.77. The summed E-state index contributed by atoms with van der Waals surface area (Å²) in [6.45, 7) is 7.79. The highest BCUT2D eigenvalue weighted by Crippen LogP contribution is 2.38. The molecule has 1 aromatic rings. The lowest BCUT2D eigenvalue weighted by atomic mass is 9.84. The van der Waals surface area contributed by atoms with E-state index in [4.69, 9.17) is 4.74 Å². The summed E-state index contributed by atoms with van der Waals surface area (Å²) in [5, 5.41) is 13.4. The normalized spacial score (nSPS) is 20.8. The summed E-state index contributed by atoms with van der Waals surface area (Å²) in [5.41, 5.74) is -0.115. The minimum atomic E-state index is -0.539. The van der Waals surface area contributed by atoms with Crippen molar-refractivity contribution < 1.29 is 9.94 Å². The second-order valence-electron chi connectivity index (χ2n) is 5.58. The van der Waals surface area contributed by atoms with Gasteiger partial charge in [0.15, 0.2) is 5.84 Å². The Labute approximate surface area is 108 Å². The number of hydrogen-bond donors (Lipinski definition) is 0. The molecule has 1 heterocycles. The maximum atomic E-state index is 12.4. The zero-order chi connectivity index (χ0) is 13.6. The van der Waals surface area contributed by atoms with Gasteiger partial charge in [0.2, 0.25) is 0 Å². The lowest BCUT2D eigenvalue weighted by molar-refractivity contribution is -0.158. The molecule has 4 nitrogen and oxygen atoms in total. The molecule has 0 bridgehead atoms. The number of amidine groups is 1. The Balaban J connectivity index is 2.40. The van der Waals surface area contributed by atoms with Crippen LogP contribution < -0.4 is 4.74 Å². The molecular formula is C14H19N2O2. The summed E-state index contributed by atoms with van der Waals surface area (Å²) in [5.74, 6) is 1.26. The van der Waals surface area contributed by atoms with E-state index in [9.17, 15) is 5.21 Å². The molecule has 1 radical (unpaired) electrons. The molecule has 1 aliphatic rings. The van der Waals surface area contributed by atoms with Gasteiger partial charge in [-0.15, -0.1) is 0 Å². The van der Waals surface area contributed by atoms with E-state index < -0.39 is 11.1 Å². The van der Waals surface area contributed by atoms with E-state index in [0.717, 1.165) is 16.4 Å². The lowest BCUT2D eigenvalue weighted by Gasteiger charge is -2.35. The van der Waals surface area contributed by atoms with E-state index in [-0.39, 0.29) is 0 Å². The first-order chi connectivity index (χ1) is 8.29. The van der Waals surface area contributed by atoms with Crippen molar-refractivity contribution in [1.29, 1.82) is 0 Å². The molecule has 4 heteroatoms. The van der Waals surface area contributed by atoms with Gasteiger partial charge in [-0.3, -0.25) is 4.99 Å². The minimum absolute atomic E-state index is 0.399. The first-order valence-corrected chi connectivity index (χ1v) is 6.01. The molecule has 0 saturated heterocycles. The molecule has 0 aliphatic carbocycles. The molecule has 0 spiro atoms. The molecule has 0 aromatic heterocycles. The molecule has 0 unspecified atom stereocenters. The van der Waals surface area contributed by atoms with E-state index in [1.165, 1.54) is 0 Å². The molecule has 97 valence electrons. The Morgan fingerprint density at radius 1 is 1.11 bits per heavy atom. The van der Waals surface area contributed by atoms with Crippen molar-refractivity contribution in [1.82, 2.24) is 5.06 Å². The summed E-state index contributed by atoms with van der Waals surface area (Å²) in [6.07, 6.45) is 0. The molecule has 18 heavy (non-hydrogen) atoms. The average Bonchev–Trinajstić information content (AvgIpc) is 2.50. The number of methoxy groups -OCH3 is 1. The maximum absolute atomic E-state index is 12.4. The molecule has 1 aromatic carbocycles. The maximum Gasteiger partial charge on any atom is 0.159 e. The highest BCUT2D eigenvalue weighted by molar-refractivity contribution is 6.00. The summed E-state index contributed by atoms with van der Waals surface area (Å²) >= 11 is 0. The number of nitrogens with zero attached hydrogens (tertiary/aromatic N) is 2. The molecule has 1 aliphatic heterocycles. The van der Waals surface area contributed by atoms with E-state index in [1.807, 2.05) is 52.0 Å². The molecule has 2 rings (SSSR count). The quantitative estimate of drug-likeness (QED) is 0.806. The van der Waals surface area contributed by atoms with Gasteiger partial charge in [-0.25, -0.2) is 0 Å². The zero-order valence-corrected chi connectivity index (χ0v) is 11.5. The predicted molar refractivity (Wildman–Crippen MR) is 70.2 cm³/mol. The molecule has 0 atom stereocenters. The Morgan fingerprint density at radius 2 is 1.67 bits per heavy atom. The molecule has 0 fully saturated rings. The van der Waals surface area contributed by atoms with Gasteiger partial charge in [0.25, 0.3) is 0 Å². The predicted octanol–water partition coefficient (Wildman–Crippen LogP) is 2.66. The second-order valence-corrected chi connectivity index (χ2v) is 5.58. The Bertz CT molecular complexity index is 475. The van der Waals surface area contributed by atoms with Crippen LogP contribution in [0.1, 0.15) is 33.3 Å². The summed E-state index contributed by atoms with van der Waals surface area (Å²) in [6, 6.07) is 7.40. The lowest BCUT2D eigenvalue weighted by Crippen LogP contribution is -2.50. The van der Waals surface area contributed by atoms with Gasteiger partial charge in [0.05, 0.1) is 18.2 Å². The van der Waals surface area contributed by atoms with Crippen LogP contribution in [0.3, 0.4) is 0 Å². The van der Waals surface area contributed by atoms with Crippen molar-refractivity contribution in [2.24, 2.45) is 4.99 Å². The van der Waals surface area contributed by atoms with Crippen LogP contribution >= 0.6 is 0 Å². The van der Waals surface area contributed by atoms with Crippen LogP contribution in [0.5, 0.6) is 5.75 Å². The van der Waals surface area contributed by atoms with Gasteiger partial charge in [0, 0.05) is 5.56 Å². The monoisotopic (exact) mass is 247 g/mol. The molecule has 0 saturated carbocycles. The second kappa shape index (κ2) is 3.99. The van der Waals surface area contributed by atoms with Crippen molar-refractivity contribution in [3.8, 4) is 5.75 Å². The smallest absolute Gasteiger partial charge is 0.159 e. The highest BCUT2D eigenvalue weighted by Gasteiger charge is 2.50. The Kier molecular flexibility index (Phi) is 2.86. The number of hydroxylamine groups is 2. The fourth-order valence-corrected chi connectivity index (χ4v) is 1.88. The molecule has 0 amide bonds. The number of ether oxygens (including phenoxy) is 1. The van der Waals surface area contributed by atoms with Gasteiger partial charge >= 0.3 is 0 Å². The Morgan fingerprint density at radius 3 is 2.06 bits per heavy atom. The van der Waals surface area contributed by atoms with Gasteiger partial charge < -0.3 is 4.74 Å². The largest absolute Gasteiger partial charge is 0.497 e. The molecular weight excluding hydrogens is 228 g/mol. The van der Waals surface area contributed by atoms with Crippen LogP contribution in [0.15, 0.2) is 29.3 Å². The standard InChI is InChI=1S/C14H19N2O2/c1-13(2)14(3,4)16(17)12(15-13)10-6-8-11(18-5)9-7-10/h6-9H,1-5H3. The van der Waals surface area contributed by atoms with Crippen molar-refractivity contribution in [3.63, 3.8) is 0 Å². The van der Waals surface area contributed by atoms with Crippen LogP contribution in [0, 0.1) is 0 Å². The summed E-state index contributed by atoms with van der Waals surface area (Å²) in [7, 11) is 1.62. The fraction of sp³-hybridized carbons (Fsp3) is 0.500. The highest BCUT2D eigenvalue weighted by atomic mass is 16.5. The van der Waals surface area contributed by atoms with Crippen LogP contribution in [0.25, 0.3) is 0 Å². The third-order valence-electron chi connectivity index (χ3n) is 3.93. The first-order valence-electron chi connectivity index (χ1n) is 6.01. The number of rotatable bonds is 2. The van der Waals surface area contributed by atoms with Gasteiger partial charge in [0.1, 0.15) is 5.75 Å². The van der Waals surface area contributed by atoms with E-state index in [2.05, 4.69) is 4.99 Å². The van der Waals surface area contributed by atoms with Crippen LogP contribution in [-0.2, 0) is 5.21 Å². The van der Waals surface area contributed by atoms with E-state index >= 15 is 0 Å². The van der Waals surface area contributed by atoms with Gasteiger partial charge in [-0.05, 0) is 52.0 Å². The summed E-state index contributed by atoms with van der Waals surface area (Å²) in [4.78, 5) is 4.57. The average molecular weight is 247 g/mol. The van der Waals surface area contributed by atoms with Crippen LogP contribution in [-0.4, -0.2) is 29.1 Å². The minimum Gasteiger partial charge on any atom is -0.497 e. The van der Waals surface area contributed by atoms with Gasteiger partial charge in [-0.2, -0.15) is 5.06 Å². The SMILES string of the molecule is COc1ccc(C2=NC(C)(C)C(C)(C)N2[O])cc1. The van der Waals surface area contributed by atoms with Crippen molar-refractivity contribution in [2.45, 2.75) is 38.8 Å². The van der Waals surface area contributed by atoms with Crippen LogP contribution in [0.2, 0.25) is 0 Å². The third-order valence-corrected chi connectivity index (χ3v) is 3.93. The van der Waals surface area contributed by atoms with Crippen LogP contribution in [0.4, 0.5) is 0 Å². The fourth-order valence-electron chi connectivity index (χ4n) is 1.88. The topological polar surface area (TPSA) is 44.7 Å².